The molecule has 1 nitrogen and oxygen atoms in total. The van der Waals surface area contributed by atoms with E-state index in [1.807, 2.05) is 0 Å². The molecule has 1 saturated carbocycles. The van der Waals surface area contributed by atoms with Gasteiger partial charge in [0.1, 0.15) is 0 Å². The second-order valence-corrected chi connectivity index (χ2v) is 6.55. The summed E-state index contributed by atoms with van der Waals surface area (Å²) in [6, 6.07) is 6.62. The smallest absolute Gasteiger partial charge is 0.0930 e. The topological polar surface area (TPSA) is 20.2 Å². The zero-order valence-electron chi connectivity index (χ0n) is 11.6. The van der Waals surface area contributed by atoms with Gasteiger partial charge in [0.2, 0.25) is 0 Å². The Morgan fingerprint density at radius 3 is 2.89 bits per heavy atom. The molecule has 0 aromatic heterocycles. The zero-order chi connectivity index (χ0) is 12.8. The first kappa shape index (κ1) is 12.2. The Kier molecular flexibility index (Phi) is 2.97. The predicted molar refractivity (Wildman–Crippen MR) is 74.5 cm³/mol. The summed E-state index contributed by atoms with van der Waals surface area (Å²) in [7, 11) is 0. The van der Waals surface area contributed by atoms with Crippen molar-refractivity contribution in [3.63, 3.8) is 0 Å². The minimum absolute atomic E-state index is 0.476. The van der Waals surface area contributed by atoms with E-state index in [1.54, 1.807) is 0 Å². The van der Waals surface area contributed by atoms with Gasteiger partial charge in [0.05, 0.1) is 5.60 Å². The van der Waals surface area contributed by atoms with E-state index in [4.69, 9.17) is 0 Å². The number of rotatable bonds is 1. The van der Waals surface area contributed by atoms with Crippen LogP contribution in [-0.2, 0) is 12.0 Å². The van der Waals surface area contributed by atoms with Crippen molar-refractivity contribution in [2.45, 2.75) is 58.0 Å². The Morgan fingerprint density at radius 1 is 1.28 bits per heavy atom. The van der Waals surface area contributed by atoms with Gasteiger partial charge in [0, 0.05) is 0 Å². The molecule has 3 unspecified atom stereocenters. The van der Waals surface area contributed by atoms with E-state index in [9.17, 15) is 5.11 Å². The molecular weight excluding hydrogens is 220 g/mol. The molecule has 0 heterocycles. The number of hydrogen-bond acceptors (Lipinski definition) is 1. The molecule has 0 bridgehead atoms. The van der Waals surface area contributed by atoms with Crippen molar-refractivity contribution in [3.8, 4) is 0 Å². The molecule has 1 aromatic carbocycles. The first-order chi connectivity index (χ1) is 8.59. The second-order valence-electron chi connectivity index (χ2n) is 6.55. The molecule has 2 aliphatic rings. The number of fused-ring (bicyclic) bond motifs is 1. The summed E-state index contributed by atoms with van der Waals surface area (Å²) in [5, 5.41) is 11.2. The van der Waals surface area contributed by atoms with Crippen LogP contribution in [0, 0.1) is 18.8 Å². The first-order valence-corrected chi connectivity index (χ1v) is 7.42. The average Bonchev–Trinajstić information content (AvgIpc) is 2.68. The van der Waals surface area contributed by atoms with Crippen molar-refractivity contribution >= 4 is 0 Å². The maximum atomic E-state index is 11.2. The van der Waals surface area contributed by atoms with Crippen molar-refractivity contribution in [2.75, 3.05) is 0 Å². The highest BCUT2D eigenvalue weighted by Crippen LogP contribution is 2.48. The summed E-state index contributed by atoms with van der Waals surface area (Å²) in [5.74, 6) is 1.26. The lowest BCUT2D eigenvalue weighted by Gasteiger charge is -2.38. The van der Waals surface area contributed by atoms with E-state index in [0.717, 1.165) is 18.8 Å². The molecule has 0 radical (unpaired) electrons. The molecule has 18 heavy (non-hydrogen) atoms. The summed E-state index contributed by atoms with van der Waals surface area (Å²) in [6.45, 7) is 4.46. The number of aliphatic hydroxyl groups is 1. The Morgan fingerprint density at radius 2 is 2.11 bits per heavy atom. The SMILES string of the molecule is Cc1ccc2c(c1)C(O)(C1CCCC(C)C1)CC2. The standard InChI is InChI=1S/C17H24O/c1-12-4-3-5-15(10-12)17(18)9-8-14-7-6-13(2)11-16(14)17/h6-7,11-12,15,18H,3-5,8-10H2,1-2H3. The fourth-order valence-corrected chi connectivity index (χ4v) is 4.06. The fourth-order valence-electron chi connectivity index (χ4n) is 4.06. The maximum absolute atomic E-state index is 11.2. The Bertz CT molecular complexity index is 451. The van der Waals surface area contributed by atoms with Gasteiger partial charge >= 0.3 is 0 Å². The van der Waals surface area contributed by atoms with Crippen LogP contribution in [0.15, 0.2) is 18.2 Å². The van der Waals surface area contributed by atoms with Crippen molar-refractivity contribution in [3.05, 3.63) is 34.9 Å². The van der Waals surface area contributed by atoms with Gasteiger partial charge in [-0.15, -0.1) is 0 Å². The van der Waals surface area contributed by atoms with E-state index < -0.39 is 5.60 Å². The summed E-state index contributed by atoms with van der Waals surface area (Å²) in [4.78, 5) is 0. The van der Waals surface area contributed by atoms with E-state index in [1.165, 1.54) is 42.4 Å². The third-order valence-electron chi connectivity index (χ3n) is 5.12. The van der Waals surface area contributed by atoms with Gasteiger partial charge in [-0.05, 0) is 55.6 Å². The van der Waals surface area contributed by atoms with Gasteiger partial charge in [0.25, 0.3) is 0 Å². The lowest BCUT2D eigenvalue weighted by molar-refractivity contribution is -0.0442. The molecule has 98 valence electrons. The number of benzene rings is 1. The van der Waals surface area contributed by atoms with Crippen LogP contribution in [0.2, 0.25) is 0 Å². The van der Waals surface area contributed by atoms with Gasteiger partial charge in [-0.2, -0.15) is 0 Å². The summed E-state index contributed by atoms with van der Waals surface area (Å²) in [5.41, 5.74) is 3.36. The third kappa shape index (κ3) is 1.89. The average molecular weight is 244 g/mol. The highest BCUT2D eigenvalue weighted by Gasteiger charge is 2.44. The fraction of sp³-hybridized carbons (Fsp3) is 0.647. The second kappa shape index (κ2) is 4.38. The molecule has 0 amide bonds. The Balaban J connectivity index is 1.95. The molecule has 0 saturated heterocycles. The molecule has 1 aromatic rings. The molecule has 1 fully saturated rings. The molecular formula is C17H24O. The van der Waals surface area contributed by atoms with Gasteiger partial charge in [-0.1, -0.05) is 43.5 Å². The van der Waals surface area contributed by atoms with Crippen LogP contribution in [0.25, 0.3) is 0 Å². The van der Waals surface area contributed by atoms with Crippen LogP contribution in [0.4, 0.5) is 0 Å². The molecule has 0 aliphatic heterocycles. The van der Waals surface area contributed by atoms with Crippen molar-refractivity contribution in [2.24, 2.45) is 11.8 Å². The molecule has 1 heteroatoms. The lowest BCUT2D eigenvalue weighted by Crippen LogP contribution is -2.35. The van der Waals surface area contributed by atoms with Gasteiger partial charge in [-0.25, -0.2) is 0 Å². The molecule has 0 spiro atoms. The van der Waals surface area contributed by atoms with E-state index in [2.05, 4.69) is 32.0 Å². The Hall–Kier alpha value is -0.820. The number of aryl methyl sites for hydroxylation is 2. The summed E-state index contributed by atoms with van der Waals surface area (Å²) < 4.78 is 0. The molecule has 3 atom stereocenters. The molecule has 3 rings (SSSR count). The van der Waals surface area contributed by atoms with E-state index in [0.29, 0.717) is 5.92 Å². The monoisotopic (exact) mass is 244 g/mol. The van der Waals surface area contributed by atoms with Crippen LogP contribution in [-0.4, -0.2) is 5.11 Å². The van der Waals surface area contributed by atoms with Gasteiger partial charge < -0.3 is 5.11 Å². The zero-order valence-corrected chi connectivity index (χ0v) is 11.6. The van der Waals surface area contributed by atoms with Crippen LogP contribution in [0.1, 0.15) is 55.7 Å². The predicted octanol–water partition coefficient (Wildman–Crippen LogP) is 3.96. The highest BCUT2D eigenvalue weighted by atomic mass is 16.3. The lowest BCUT2D eigenvalue weighted by atomic mass is 9.71. The van der Waals surface area contributed by atoms with Crippen LogP contribution >= 0.6 is 0 Å². The third-order valence-corrected chi connectivity index (χ3v) is 5.12. The number of hydrogen-bond donors (Lipinski definition) is 1. The van der Waals surface area contributed by atoms with Crippen LogP contribution in [0.5, 0.6) is 0 Å². The molecule has 1 N–H and O–H groups in total. The first-order valence-electron chi connectivity index (χ1n) is 7.42. The minimum atomic E-state index is -0.532. The largest absolute Gasteiger partial charge is 0.385 e. The van der Waals surface area contributed by atoms with Crippen LogP contribution in [0.3, 0.4) is 0 Å². The maximum Gasteiger partial charge on any atom is 0.0930 e. The van der Waals surface area contributed by atoms with Gasteiger partial charge in [0.15, 0.2) is 0 Å². The summed E-state index contributed by atoms with van der Waals surface area (Å²) >= 11 is 0. The minimum Gasteiger partial charge on any atom is -0.385 e. The van der Waals surface area contributed by atoms with E-state index in [-0.39, 0.29) is 0 Å². The van der Waals surface area contributed by atoms with Crippen LogP contribution < -0.4 is 0 Å². The van der Waals surface area contributed by atoms with Gasteiger partial charge in [-0.3, -0.25) is 0 Å². The van der Waals surface area contributed by atoms with Crippen molar-refractivity contribution in [1.82, 2.24) is 0 Å². The van der Waals surface area contributed by atoms with Crippen molar-refractivity contribution < 1.29 is 5.11 Å². The van der Waals surface area contributed by atoms with E-state index >= 15 is 0 Å². The highest BCUT2D eigenvalue weighted by molar-refractivity contribution is 5.40. The van der Waals surface area contributed by atoms with Crippen molar-refractivity contribution in [1.29, 1.82) is 0 Å². The summed E-state index contributed by atoms with van der Waals surface area (Å²) in [6.07, 6.45) is 7.01. The molecule has 2 aliphatic carbocycles. The quantitative estimate of drug-likeness (QED) is 0.793. The Labute approximate surface area is 110 Å². The normalized spacial score (nSPS) is 35.5.